The first-order chi connectivity index (χ1) is 14.5. The minimum Gasteiger partial charge on any atom is -0.495 e. The number of carbonyl (C=O) groups excluding carboxylic acids is 3. The van der Waals surface area contributed by atoms with Gasteiger partial charge in [-0.1, -0.05) is 30.2 Å². The first-order valence-corrected chi connectivity index (χ1v) is 10.0. The zero-order valence-corrected chi connectivity index (χ0v) is 17.6. The maximum atomic E-state index is 12.3. The summed E-state index contributed by atoms with van der Waals surface area (Å²) in [5.74, 6) is 0.209. The summed E-state index contributed by atoms with van der Waals surface area (Å²) in [6.45, 7) is 0.343. The van der Waals surface area contributed by atoms with Crippen LogP contribution in [0.15, 0.2) is 36.4 Å². The number of unbranched alkanes of at least 4 members (excludes halogenated alkanes) is 2. The fourth-order valence-corrected chi connectivity index (χ4v) is 3.58. The van der Waals surface area contributed by atoms with E-state index < -0.39 is 0 Å². The fourth-order valence-electron chi connectivity index (χ4n) is 3.35. The Morgan fingerprint density at radius 3 is 2.20 bits per heavy atom. The molecule has 0 radical (unpaired) electrons. The van der Waals surface area contributed by atoms with E-state index in [0.717, 1.165) is 0 Å². The molecular formula is C22H23ClN2O5. The highest BCUT2D eigenvalue weighted by Gasteiger charge is 2.34. The second kappa shape index (κ2) is 9.63. The molecule has 1 aliphatic heterocycles. The molecule has 0 atom stereocenters. The van der Waals surface area contributed by atoms with Gasteiger partial charge in [-0.2, -0.15) is 0 Å². The number of hydrogen-bond donors (Lipinski definition) is 1. The molecule has 0 spiro atoms. The number of ether oxygens (including phenoxy) is 2. The number of hydrogen-bond acceptors (Lipinski definition) is 5. The molecule has 3 rings (SSSR count). The molecule has 0 bridgehead atoms. The lowest BCUT2D eigenvalue weighted by Crippen LogP contribution is -2.30. The van der Waals surface area contributed by atoms with Crippen molar-refractivity contribution in [2.24, 2.45) is 0 Å². The Morgan fingerprint density at radius 1 is 0.967 bits per heavy atom. The Kier molecular flexibility index (Phi) is 6.95. The van der Waals surface area contributed by atoms with Gasteiger partial charge in [0.15, 0.2) is 0 Å². The number of carbonyl (C=O) groups is 3. The van der Waals surface area contributed by atoms with Crippen LogP contribution in [0.3, 0.4) is 0 Å². The molecule has 0 fully saturated rings. The summed E-state index contributed by atoms with van der Waals surface area (Å²) in [5, 5.41) is 3.19. The summed E-state index contributed by atoms with van der Waals surface area (Å²) in [5.41, 5.74) is 1.39. The monoisotopic (exact) mass is 430 g/mol. The molecule has 0 saturated carbocycles. The van der Waals surface area contributed by atoms with Gasteiger partial charge < -0.3 is 14.8 Å². The van der Waals surface area contributed by atoms with Crippen LogP contribution in [-0.4, -0.2) is 43.4 Å². The van der Waals surface area contributed by atoms with E-state index in [0.29, 0.717) is 65.6 Å². The average molecular weight is 431 g/mol. The molecule has 0 saturated heterocycles. The zero-order chi connectivity index (χ0) is 21.7. The predicted molar refractivity (Wildman–Crippen MR) is 113 cm³/mol. The molecule has 30 heavy (non-hydrogen) atoms. The Morgan fingerprint density at radius 2 is 1.60 bits per heavy atom. The van der Waals surface area contributed by atoms with Crippen molar-refractivity contribution in [3.8, 4) is 11.5 Å². The molecule has 2 aromatic carbocycles. The smallest absolute Gasteiger partial charge is 0.261 e. The number of nitrogens with zero attached hydrogens (tertiary/aromatic N) is 1. The Hall–Kier alpha value is -3.06. The van der Waals surface area contributed by atoms with Crippen molar-refractivity contribution in [1.29, 1.82) is 0 Å². The van der Waals surface area contributed by atoms with Crippen molar-refractivity contribution in [1.82, 2.24) is 4.90 Å². The van der Waals surface area contributed by atoms with E-state index in [-0.39, 0.29) is 17.7 Å². The normalized spacial score (nSPS) is 12.7. The first kappa shape index (κ1) is 21.6. The van der Waals surface area contributed by atoms with Crippen LogP contribution < -0.4 is 14.8 Å². The first-order valence-electron chi connectivity index (χ1n) is 9.63. The molecule has 0 aromatic heterocycles. The van der Waals surface area contributed by atoms with Gasteiger partial charge in [-0.25, -0.2) is 0 Å². The van der Waals surface area contributed by atoms with Crippen LogP contribution in [0.2, 0.25) is 5.02 Å². The third kappa shape index (κ3) is 4.57. The van der Waals surface area contributed by atoms with E-state index in [1.165, 1.54) is 19.1 Å². The van der Waals surface area contributed by atoms with Crippen LogP contribution in [0.25, 0.3) is 0 Å². The van der Waals surface area contributed by atoms with Gasteiger partial charge in [0.25, 0.3) is 11.8 Å². The third-order valence-corrected chi connectivity index (χ3v) is 5.21. The number of imide groups is 1. The number of anilines is 1. The average Bonchev–Trinajstić information content (AvgIpc) is 2.99. The highest BCUT2D eigenvalue weighted by atomic mass is 35.5. The standard InChI is InChI=1S/C22H23ClN2O5/c1-29-18-13-17(19(30-2)12-16(18)23)24-20(26)10-4-3-7-11-25-21(27)14-8-5-6-9-15(14)22(25)28/h5-6,8-9,12-13H,3-4,7,10-11H2,1-2H3,(H,24,26). The molecule has 7 nitrogen and oxygen atoms in total. The molecule has 0 aliphatic carbocycles. The zero-order valence-electron chi connectivity index (χ0n) is 16.9. The summed E-state index contributed by atoms with van der Waals surface area (Å²) in [4.78, 5) is 38.2. The second-order valence-electron chi connectivity index (χ2n) is 6.85. The van der Waals surface area contributed by atoms with Gasteiger partial charge in [-0.15, -0.1) is 0 Å². The van der Waals surface area contributed by atoms with Crippen molar-refractivity contribution in [2.75, 3.05) is 26.1 Å². The van der Waals surface area contributed by atoms with Crippen molar-refractivity contribution in [3.05, 3.63) is 52.5 Å². The van der Waals surface area contributed by atoms with E-state index in [1.54, 1.807) is 36.4 Å². The number of methoxy groups -OCH3 is 2. The Bertz CT molecular complexity index is 941. The van der Waals surface area contributed by atoms with Gasteiger partial charge in [0, 0.05) is 25.1 Å². The molecule has 1 N–H and O–H groups in total. The van der Waals surface area contributed by atoms with Gasteiger partial charge in [0.05, 0.1) is 36.1 Å². The number of benzene rings is 2. The molecule has 1 aliphatic rings. The minimum atomic E-state index is -0.253. The van der Waals surface area contributed by atoms with E-state index in [2.05, 4.69) is 5.32 Å². The quantitative estimate of drug-likeness (QED) is 0.477. The lowest BCUT2D eigenvalue weighted by Gasteiger charge is -2.14. The number of fused-ring (bicyclic) bond motifs is 1. The molecular weight excluding hydrogens is 408 g/mol. The van der Waals surface area contributed by atoms with Gasteiger partial charge in [-0.05, 0) is 25.0 Å². The lowest BCUT2D eigenvalue weighted by molar-refractivity contribution is -0.116. The summed E-state index contributed by atoms with van der Waals surface area (Å²) < 4.78 is 10.4. The van der Waals surface area contributed by atoms with Gasteiger partial charge in [0.2, 0.25) is 5.91 Å². The number of halogens is 1. The van der Waals surface area contributed by atoms with Crippen LogP contribution in [0.4, 0.5) is 5.69 Å². The minimum absolute atomic E-state index is 0.168. The van der Waals surface area contributed by atoms with E-state index in [1.807, 2.05) is 0 Å². The van der Waals surface area contributed by atoms with Crippen molar-refractivity contribution < 1.29 is 23.9 Å². The molecule has 1 heterocycles. The van der Waals surface area contributed by atoms with Crippen molar-refractivity contribution >= 4 is 35.0 Å². The number of nitrogens with one attached hydrogen (secondary N) is 1. The van der Waals surface area contributed by atoms with Crippen molar-refractivity contribution in [2.45, 2.75) is 25.7 Å². The molecule has 3 amide bonds. The lowest BCUT2D eigenvalue weighted by atomic mass is 10.1. The van der Waals surface area contributed by atoms with Crippen LogP contribution in [0, 0.1) is 0 Å². The molecule has 2 aromatic rings. The van der Waals surface area contributed by atoms with Crippen LogP contribution in [-0.2, 0) is 4.79 Å². The Labute approximate surface area is 179 Å². The fraction of sp³-hybridized carbons (Fsp3) is 0.318. The SMILES string of the molecule is COc1cc(NC(=O)CCCCCN2C(=O)c3ccccc3C2=O)c(OC)cc1Cl. The summed E-state index contributed by atoms with van der Waals surface area (Å²) in [7, 11) is 2.99. The van der Waals surface area contributed by atoms with Gasteiger partial charge in [0.1, 0.15) is 11.5 Å². The van der Waals surface area contributed by atoms with Crippen LogP contribution >= 0.6 is 11.6 Å². The largest absolute Gasteiger partial charge is 0.495 e. The van der Waals surface area contributed by atoms with Crippen molar-refractivity contribution in [3.63, 3.8) is 0 Å². The van der Waals surface area contributed by atoms with Crippen LogP contribution in [0.1, 0.15) is 46.4 Å². The maximum absolute atomic E-state index is 12.3. The highest BCUT2D eigenvalue weighted by molar-refractivity contribution is 6.32. The molecule has 8 heteroatoms. The van der Waals surface area contributed by atoms with E-state index in [9.17, 15) is 14.4 Å². The maximum Gasteiger partial charge on any atom is 0.261 e. The summed E-state index contributed by atoms with van der Waals surface area (Å²) in [6, 6.07) is 10.0. The summed E-state index contributed by atoms with van der Waals surface area (Å²) >= 11 is 6.07. The molecule has 0 unspecified atom stereocenters. The Balaban J connectivity index is 1.45. The number of rotatable bonds is 9. The van der Waals surface area contributed by atoms with E-state index in [4.69, 9.17) is 21.1 Å². The highest BCUT2D eigenvalue weighted by Crippen LogP contribution is 2.36. The topological polar surface area (TPSA) is 84.9 Å². The molecule has 158 valence electrons. The van der Waals surface area contributed by atoms with Crippen LogP contribution in [0.5, 0.6) is 11.5 Å². The number of amides is 3. The van der Waals surface area contributed by atoms with Gasteiger partial charge >= 0.3 is 0 Å². The predicted octanol–water partition coefficient (Wildman–Crippen LogP) is 4.15. The third-order valence-electron chi connectivity index (χ3n) is 4.91. The summed E-state index contributed by atoms with van der Waals surface area (Å²) in [6.07, 6.45) is 2.27. The van der Waals surface area contributed by atoms with E-state index >= 15 is 0 Å². The second-order valence-corrected chi connectivity index (χ2v) is 7.26. The van der Waals surface area contributed by atoms with Gasteiger partial charge in [-0.3, -0.25) is 19.3 Å².